The van der Waals surface area contributed by atoms with Gasteiger partial charge in [-0.05, 0) is 36.9 Å². The SMILES string of the molecule is CN1CCc2nc3sc(C(=O)Nc4ccccc4F)c(N)c3c(-c3ccco3)c2C1. The summed E-state index contributed by atoms with van der Waals surface area (Å²) in [6, 6.07) is 9.76. The molecule has 0 saturated carbocycles. The maximum atomic E-state index is 14.0. The summed E-state index contributed by atoms with van der Waals surface area (Å²) in [7, 11) is 2.06. The number of para-hydroxylation sites is 1. The summed E-state index contributed by atoms with van der Waals surface area (Å²) in [6.45, 7) is 1.63. The molecule has 0 spiro atoms. The van der Waals surface area contributed by atoms with Crippen molar-refractivity contribution in [3.8, 4) is 11.3 Å². The molecule has 0 bridgehead atoms. The number of rotatable bonds is 3. The number of fused-ring (bicyclic) bond motifs is 2. The number of nitrogen functional groups attached to an aromatic ring is 1. The molecule has 1 aromatic carbocycles. The van der Waals surface area contributed by atoms with Crippen molar-refractivity contribution in [3.05, 3.63) is 64.6 Å². The van der Waals surface area contributed by atoms with Crippen molar-refractivity contribution in [1.82, 2.24) is 9.88 Å². The van der Waals surface area contributed by atoms with Crippen molar-refractivity contribution >= 4 is 38.8 Å². The summed E-state index contributed by atoms with van der Waals surface area (Å²) in [5.41, 5.74) is 9.85. The summed E-state index contributed by atoms with van der Waals surface area (Å²) in [5, 5.41) is 3.33. The molecule has 0 fully saturated rings. The Hall–Kier alpha value is -3.23. The highest BCUT2D eigenvalue weighted by molar-refractivity contribution is 7.21. The monoisotopic (exact) mass is 422 g/mol. The van der Waals surface area contributed by atoms with Crippen LogP contribution in [0.3, 0.4) is 0 Å². The van der Waals surface area contributed by atoms with Gasteiger partial charge in [-0.2, -0.15) is 0 Å². The molecule has 3 aromatic heterocycles. The minimum atomic E-state index is -0.501. The van der Waals surface area contributed by atoms with Gasteiger partial charge in [-0.3, -0.25) is 4.79 Å². The van der Waals surface area contributed by atoms with E-state index in [0.717, 1.165) is 36.3 Å². The number of nitrogens with two attached hydrogens (primary N) is 1. The van der Waals surface area contributed by atoms with Crippen LogP contribution >= 0.6 is 11.3 Å². The van der Waals surface area contributed by atoms with Crippen LogP contribution in [0.4, 0.5) is 15.8 Å². The van der Waals surface area contributed by atoms with Gasteiger partial charge in [0.15, 0.2) is 0 Å². The second-order valence-electron chi connectivity index (χ2n) is 7.34. The summed E-state index contributed by atoms with van der Waals surface area (Å²) in [5.74, 6) is -0.265. The van der Waals surface area contributed by atoms with Crippen LogP contribution < -0.4 is 11.1 Å². The van der Waals surface area contributed by atoms with Gasteiger partial charge in [0.25, 0.3) is 5.91 Å². The quantitative estimate of drug-likeness (QED) is 0.507. The molecular formula is C22H19FN4O2S. The number of carbonyl (C=O) groups excluding carboxylic acids is 1. The molecule has 0 aliphatic carbocycles. The van der Waals surface area contributed by atoms with Gasteiger partial charge in [0.05, 0.1) is 17.6 Å². The van der Waals surface area contributed by atoms with Gasteiger partial charge in [0, 0.05) is 36.2 Å². The van der Waals surface area contributed by atoms with Gasteiger partial charge in [-0.15, -0.1) is 11.3 Å². The molecule has 0 atom stereocenters. The van der Waals surface area contributed by atoms with Gasteiger partial charge in [-0.1, -0.05) is 12.1 Å². The molecule has 4 heterocycles. The van der Waals surface area contributed by atoms with Crippen molar-refractivity contribution in [3.63, 3.8) is 0 Å². The van der Waals surface area contributed by atoms with Gasteiger partial charge < -0.3 is 20.4 Å². The van der Waals surface area contributed by atoms with Crippen LogP contribution in [0, 0.1) is 5.82 Å². The van der Waals surface area contributed by atoms with E-state index in [4.69, 9.17) is 15.1 Å². The third-order valence-electron chi connectivity index (χ3n) is 5.32. The topological polar surface area (TPSA) is 84.4 Å². The lowest BCUT2D eigenvalue weighted by Gasteiger charge is -2.26. The highest BCUT2D eigenvalue weighted by Gasteiger charge is 2.28. The average molecular weight is 422 g/mol. The van der Waals surface area contributed by atoms with Crippen LogP contribution in [0.5, 0.6) is 0 Å². The first-order valence-corrected chi connectivity index (χ1v) is 10.4. The second kappa shape index (κ2) is 7.23. The summed E-state index contributed by atoms with van der Waals surface area (Å²) in [4.78, 5) is 21.0. The highest BCUT2D eigenvalue weighted by atomic mass is 32.1. The third kappa shape index (κ3) is 3.05. The number of carbonyl (C=O) groups is 1. The predicted molar refractivity (Wildman–Crippen MR) is 116 cm³/mol. The Kier molecular flexibility index (Phi) is 4.52. The fourth-order valence-corrected chi connectivity index (χ4v) is 4.88. The molecule has 1 aliphatic rings. The molecule has 0 radical (unpaired) electrons. The van der Waals surface area contributed by atoms with Crippen molar-refractivity contribution in [2.45, 2.75) is 13.0 Å². The zero-order valence-corrected chi connectivity index (χ0v) is 17.1. The van der Waals surface area contributed by atoms with Gasteiger partial charge in [0.2, 0.25) is 0 Å². The molecule has 5 rings (SSSR count). The van der Waals surface area contributed by atoms with Crippen LogP contribution in [-0.2, 0) is 13.0 Å². The van der Waals surface area contributed by atoms with Crippen LogP contribution in [0.1, 0.15) is 20.9 Å². The lowest BCUT2D eigenvalue weighted by Crippen LogP contribution is -2.27. The smallest absolute Gasteiger partial charge is 0.268 e. The lowest BCUT2D eigenvalue weighted by atomic mass is 9.95. The van der Waals surface area contributed by atoms with E-state index in [1.807, 2.05) is 12.1 Å². The summed E-state index contributed by atoms with van der Waals surface area (Å²) in [6.07, 6.45) is 2.43. The van der Waals surface area contributed by atoms with Gasteiger partial charge in [0.1, 0.15) is 21.3 Å². The number of anilines is 2. The van der Waals surface area contributed by atoms with Gasteiger partial charge >= 0.3 is 0 Å². The first-order chi connectivity index (χ1) is 14.5. The number of thiophene rings is 1. The second-order valence-corrected chi connectivity index (χ2v) is 8.34. The van der Waals surface area contributed by atoms with Crippen LogP contribution in [0.25, 0.3) is 21.5 Å². The molecule has 8 heteroatoms. The molecule has 4 aromatic rings. The third-order valence-corrected chi connectivity index (χ3v) is 6.42. The van der Waals surface area contributed by atoms with Crippen molar-refractivity contribution < 1.29 is 13.6 Å². The number of pyridine rings is 1. The van der Waals surface area contributed by atoms with Crippen LogP contribution in [0.2, 0.25) is 0 Å². The molecule has 0 saturated heterocycles. The first-order valence-electron chi connectivity index (χ1n) is 9.55. The number of benzene rings is 1. The van der Waals surface area contributed by atoms with Crippen molar-refractivity contribution in [2.75, 3.05) is 24.6 Å². The lowest BCUT2D eigenvalue weighted by molar-refractivity contribution is 0.103. The van der Waals surface area contributed by atoms with E-state index in [9.17, 15) is 9.18 Å². The predicted octanol–water partition coefficient (Wildman–Crippen LogP) is 4.52. The molecular weight excluding hydrogens is 403 g/mol. The zero-order valence-electron chi connectivity index (χ0n) is 16.2. The number of hydrogen-bond acceptors (Lipinski definition) is 6. The van der Waals surface area contributed by atoms with E-state index >= 15 is 0 Å². The minimum absolute atomic E-state index is 0.111. The Bertz CT molecular complexity index is 1270. The molecule has 152 valence electrons. The number of nitrogens with zero attached hydrogens (tertiary/aromatic N) is 2. The number of furan rings is 1. The number of nitrogens with one attached hydrogen (secondary N) is 1. The van der Waals surface area contributed by atoms with E-state index in [2.05, 4.69) is 17.3 Å². The van der Waals surface area contributed by atoms with E-state index in [1.54, 1.807) is 18.4 Å². The standard InChI is InChI=1S/C22H19FN4O2S/c1-27-9-8-14-12(11-27)17(16-7-4-10-29-16)18-19(24)20(30-22(18)26-14)21(28)25-15-6-3-2-5-13(15)23/h2-7,10H,8-9,11,24H2,1H3,(H,25,28). The average Bonchev–Trinajstić information content (AvgIpc) is 3.37. The van der Waals surface area contributed by atoms with E-state index < -0.39 is 11.7 Å². The minimum Gasteiger partial charge on any atom is -0.464 e. The molecule has 1 amide bonds. The fourth-order valence-electron chi connectivity index (χ4n) is 3.86. The number of halogens is 1. The van der Waals surface area contributed by atoms with Crippen molar-refractivity contribution in [1.29, 1.82) is 0 Å². The summed E-state index contributed by atoms with van der Waals surface area (Å²) < 4.78 is 19.7. The van der Waals surface area contributed by atoms with E-state index in [0.29, 0.717) is 26.5 Å². The Labute approximate surface area is 176 Å². The number of amides is 1. The number of likely N-dealkylation sites (N-methyl/N-ethyl adjacent to an activating group) is 1. The largest absolute Gasteiger partial charge is 0.464 e. The van der Waals surface area contributed by atoms with Crippen LogP contribution in [-0.4, -0.2) is 29.4 Å². The van der Waals surface area contributed by atoms with E-state index in [1.165, 1.54) is 23.5 Å². The normalized spacial score (nSPS) is 14.1. The Morgan fingerprint density at radius 3 is 2.90 bits per heavy atom. The maximum Gasteiger partial charge on any atom is 0.268 e. The Morgan fingerprint density at radius 2 is 2.13 bits per heavy atom. The van der Waals surface area contributed by atoms with Crippen molar-refractivity contribution in [2.24, 2.45) is 0 Å². The van der Waals surface area contributed by atoms with Crippen LogP contribution in [0.15, 0.2) is 47.1 Å². The van der Waals surface area contributed by atoms with E-state index in [-0.39, 0.29) is 5.69 Å². The zero-order chi connectivity index (χ0) is 20.8. The molecule has 3 N–H and O–H groups in total. The number of aromatic nitrogens is 1. The van der Waals surface area contributed by atoms with Gasteiger partial charge in [-0.25, -0.2) is 9.37 Å². The molecule has 1 aliphatic heterocycles. The Morgan fingerprint density at radius 1 is 1.30 bits per heavy atom. The first kappa shape index (κ1) is 18.8. The molecule has 30 heavy (non-hydrogen) atoms. The molecule has 6 nitrogen and oxygen atoms in total. The Balaban J connectivity index is 1.68. The fraction of sp³-hybridized carbons (Fsp3) is 0.182. The number of hydrogen-bond donors (Lipinski definition) is 2. The maximum absolute atomic E-state index is 14.0. The highest BCUT2D eigenvalue weighted by Crippen LogP contribution is 2.43. The molecule has 0 unspecified atom stereocenters. The summed E-state index contributed by atoms with van der Waals surface area (Å²) >= 11 is 1.22.